The Bertz CT molecular complexity index is 641. The quantitative estimate of drug-likeness (QED) is 0.436. The summed E-state index contributed by atoms with van der Waals surface area (Å²) in [5.41, 5.74) is 1.45. The number of esters is 1. The van der Waals surface area contributed by atoms with Crippen molar-refractivity contribution < 1.29 is 14.3 Å². The van der Waals surface area contributed by atoms with Crippen LogP contribution in [-0.4, -0.2) is 28.9 Å². The molecule has 2 N–H and O–H groups in total. The van der Waals surface area contributed by atoms with Crippen molar-refractivity contribution in [2.24, 2.45) is 5.92 Å². The van der Waals surface area contributed by atoms with Crippen LogP contribution in [0.1, 0.15) is 41.1 Å². The fourth-order valence-corrected chi connectivity index (χ4v) is 4.10. The molecule has 5 nitrogen and oxygen atoms in total. The fraction of sp³-hybridized carbons (Fsp3) is 0.600. The lowest BCUT2D eigenvalue weighted by Gasteiger charge is -2.28. The molecule has 0 saturated carbocycles. The highest BCUT2D eigenvalue weighted by Crippen LogP contribution is 2.41. The summed E-state index contributed by atoms with van der Waals surface area (Å²) < 4.78 is 3.10. The molecule has 0 unspecified atom stereocenters. The van der Waals surface area contributed by atoms with E-state index in [1.165, 1.54) is 18.4 Å². The molecule has 24 heavy (non-hydrogen) atoms. The third kappa shape index (κ3) is 4.28. The molecule has 1 atom stereocenters. The van der Waals surface area contributed by atoms with Crippen LogP contribution in [0.5, 0.6) is 0 Å². The normalized spacial score (nSPS) is 15.1. The van der Waals surface area contributed by atoms with Gasteiger partial charge < -0.3 is 15.4 Å². The monoisotopic (exact) mass is 412 g/mol. The molecule has 0 aliphatic heterocycles. The maximum atomic E-state index is 12.2. The highest BCUT2D eigenvalue weighted by Gasteiger charge is 2.37. The number of hydrogen-bond donors (Lipinski definition) is 2. The largest absolute Gasteiger partial charge is 0.465 e. The molecule has 0 saturated heterocycles. The molecule has 1 amide bonds. The van der Waals surface area contributed by atoms with E-state index in [0.717, 1.165) is 29.7 Å². The third-order valence-corrected chi connectivity index (χ3v) is 5.60. The van der Waals surface area contributed by atoms with E-state index in [1.807, 2.05) is 0 Å². The molecule has 134 valence electrons. The summed E-state index contributed by atoms with van der Waals surface area (Å²) in [6, 6.07) is 0. The summed E-state index contributed by atoms with van der Waals surface area (Å²) in [4.78, 5) is 25.3. The summed E-state index contributed by atoms with van der Waals surface area (Å²) in [7, 11) is 1.33. The first-order valence-electron chi connectivity index (χ1n) is 7.51. The van der Waals surface area contributed by atoms with Crippen LogP contribution in [0.2, 0.25) is 0 Å². The van der Waals surface area contributed by atoms with Crippen molar-refractivity contribution in [1.29, 1.82) is 0 Å². The maximum absolute atomic E-state index is 12.2. The first-order valence-corrected chi connectivity index (χ1v) is 9.46. The molecule has 0 aromatic carbocycles. The van der Waals surface area contributed by atoms with E-state index >= 15 is 0 Å². The lowest BCUT2D eigenvalue weighted by Crippen LogP contribution is -2.50. The van der Waals surface area contributed by atoms with Crippen LogP contribution in [0.25, 0.3) is 0 Å². The number of rotatable bonds is 5. The summed E-state index contributed by atoms with van der Waals surface area (Å²) in [6.07, 6.45) is 1.75. The van der Waals surface area contributed by atoms with Gasteiger partial charge in [0, 0.05) is 10.8 Å². The van der Waals surface area contributed by atoms with Gasteiger partial charge in [0.1, 0.15) is 11.2 Å². The van der Waals surface area contributed by atoms with E-state index in [4.69, 9.17) is 39.5 Å². The van der Waals surface area contributed by atoms with E-state index in [0.29, 0.717) is 10.6 Å². The lowest BCUT2D eigenvalue weighted by atomic mass is 10.1. The number of methoxy groups -OCH3 is 1. The zero-order valence-corrected chi connectivity index (χ0v) is 16.6. The Morgan fingerprint density at radius 3 is 2.46 bits per heavy atom. The molecule has 1 aromatic heterocycles. The van der Waals surface area contributed by atoms with Gasteiger partial charge in [0.2, 0.25) is 9.70 Å². The van der Waals surface area contributed by atoms with Gasteiger partial charge in [-0.05, 0) is 24.8 Å². The second-order valence-electron chi connectivity index (χ2n) is 5.84. The van der Waals surface area contributed by atoms with Gasteiger partial charge >= 0.3 is 5.97 Å². The van der Waals surface area contributed by atoms with Gasteiger partial charge in [-0.25, -0.2) is 4.79 Å². The summed E-state index contributed by atoms with van der Waals surface area (Å²) in [5.74, 6) is -0.965. The zero-order valence-electron chi connectivity index (χ0n) is 13.5. The van der Waals surface area contributed by atoms with E-state index < -0.39 is 15.9 Å². The smallest absolute Gasteiger partial charge is 0.341 e. The van der Waals surface area contributed by atoms with Crippen LogP contribution in [0.3, 0.4) is 0 Å². The number of nitrogens with one attached hydrogen (secondary N) is 2. The Balaban J connectivity index is 2.33. The molecule has 1 aromatic rings. The fourth-order valence-electron chi connectivity index (χ4n) is 2.46. The van der Waals surface area contributed by atoms with E-state index in [9.17, 15) is 9.59 Å². The number of amides is 1. The minimum Gasteiger partial charge on any atom is -0.465 e. The summed E-state index contributed by atoms with van der Waals surface area (Å²) in [6.45, 7) is 3.48. The second kappa shape index (κ2) is 7.68. The first kappa shape index (κ1) is 19.6. The van der Waals surface area contributed by atoms with Crippen molar-refractivity contribution in [3.8, 4) is 0 Å². The number of carbonyl (C=O) groups excluding carboxylic acids is 2. The van der Waals surface area contributed by atoms with Crippen molar-refractivity contribution >= 4 is 63.0 Å². The van der Waals surface area contributed by atoms with Gasteiger partial charge in [0.25, 0.3) is 0 Å². The maximum Gasteiger partial charge on any atom is 0.341 e. The number of carbonyl (C=O) groups is 2. The standard InChI is InChI=1S/C15H19Cl3N2O3S/c1-7(2)11(21)19-14(15(16,17)18)20-12-10(13(22)23-3)8-5-4-6-9(8)24-12/h7,14,20H,4-6H2,1-3H3,(H,19,21)/t14-/m0/s1. The highest BCUT2D eigenvalue weighted by molar-refractivity contribution is 7.16. The molecular formula is C15H19Cl3N2O3S. The van der Waals surface area contributed by atoms with Crippen LogP contribution >= 0.6 is 46.1 Å². The summed E-state index contributed by atoms with van der Waals surface area (Å²) >= 11 is 19.4. The Morgan fingerprint density at radius 2 is 1.92 bits per heavy atom. The number of hydrogen-bond acceptors (Lipinski definition) is 5. The number of halogens is 3. The van der Waals surface area contributed by atoms with E-state index in [2.05, 4.69) is 10.6 Å². The number of alkyl halides is 3. The topological polar surface area (TPSA) is 67.4 Å². The molecule has 2 rings (SSSR count). The molecule has 1 aliphatic carbocycles. The minimum atomic E-state index is -1.79. The number of anilines is 1. The number of fused-ring (bicyclic) bond motifs is 1. The van der Waals surface area contributed by atoms with Gasteiger partial charge in [-0.1, -0.05) is 48.7 Å². The Labute approximate surface area is 160 Å². The van der Waals surface area contributed by atoms with Crippen LogP contribution < -0.4 is 10.6 Å². The van der Waals surface area contributed by atoms with Crippen molar-refractivity contribution in [2.45, 2.75) is 43.1 Å². The van der Waals surface area contributed by atoms with Gasteiger partial charge in [-0.15, -0.1) is 11.3 Å². The molecular weight excluding hydrogens is 395 g/mol. The van der Waals surface area contributed by atoms with Gasteiger partial charge in [-0.2, -0.15) is 0 Å². The number of thiophene rings is 1. The second-order valence-corrected chi connectivity index (χ2v) is 9.31. The van der Waals surface area contributed by atoms with Gasteiger partial charge in [0.05, 0.1) is 12.7 Å². The number of ether oxygens (including phenoxy) is 1. The van der Waals surface area contributed by atoms with Crippen molar-refractivity contribution in [1.82, 2.24) is 5.32 Å². The third-order valence-electron chi connectivity index (χ3n) is 3.72. The van der Waals surface area contributed by atoms with Crippen LogP contribution in [0.15, 0.2) is 0 Å². The average Bonchev–Trinajstić information content (AvgIpc) is 3.04. The van der Waals surface area contributed by atoms with Gasteiger partial charge in [0.15, 0.2) is 0 Å². The van der Waals surface area contributed by atoms with Crippen LogP contribution in [0, 0.1) is 5.92 Å². The predicted molar refractivity (Wildman–Crippen MR) is 98.4 cm³/mol. The Kier molecular flexibility index (Phi) is 6.29. The summed E-state index contributed by atoms with van der Waals surface area (Å²) in [5, 5.41) is 6.22. The van der Waals surface area contributed by atoms with Crippen molar-refractivity contribution in [2.75, 3.05) is 12.4 Å². The molecule has 1 aliphatic rings. The molecule has 0 fully saturated rings. The SMILES string of the molecule is COC(=O)c1c(N[C@H](NC(=O)C(C)C)C(Cl)(Cl)Cl)sc2c1CCC2. The first-order chi connectivity index (χ1) is 11.1. The average molecular weight is 414 g/mol. The van der Waals surface area contributed by atoms with Crippen molar-refractivity contribution in [3.05, 3.63) is 16.0 Å². The molecule has 9 heteroatoms. The molecule has 0 bridgehead atoms. The Morgan fingerprint density at radius 1 is 1.25 bits per heavy atom. The molecule has 1 heterocycles. The van der Waals surface area contributed by atoms with Crippen LogP contribution in [-0.2, 0) is 22.4 Å². The van der Waals surface area contributed by atoms with Gasteiger partial charge in [-0.3, -0.25) is 4.79 Å². The van der Waals surface area contributed by atoms with E-state index in [1.54, 1.807) is 13.8 Å². The molecule has 0 radical (unpaired) electrons. The minimum absolute atomic E-state index is 0.262. The Hall–Kier alpha value is -0.690. The van der Waals surface area contributed by atoms with Crippen LogP contribution in [0.4, 0.5) is 5.00 Å². The van der Waals surface area contributed by atoms with E-state index in [-0.39, 0.29) is 11.8 Å². The molecule has 0 spiro atoms. The lowest BCUT2D eigenvalue weighted by molar-refractivity contribution is -0.124. The predicted octanol–water partition coefficient (Wildman–Crippen LogP) is 3.90. The zero-order chi connectivity index (χ0) is 18.1. The highest BCUT2D eigenvalue weighted by atomic mass is 35.6. The van der Waals surface area contributed by atoms with Crippen molar-refractivity contribution in [3.63, 3.8) is 0 Å². The number of aryl methyl sites for hydroxylation is 1.